The van der Waals surface area contributed by atoms with Gasteiger partial charge >= 0.3 is 6.18 Å². The molecule has 0 aliphatic rings. The number of benzene rings is 3. The fourth-order valence-electron chi connectivity index (χ4n) is 3.12. The van der Waals surface area contributed by atoms with E-state index < -0.39 is 22.9 Å². The summed E-state index contributed by atoms with van der Waals surface area (Å²) in [5.74, 6) is -1.10. The van der Waals surface area contributed by atoms with Crippen LogP contribution in [0.15, 0.2) is 80.4 Å². The summed E-state index contributed by atoms with van der Waals surface area (Å²) in [6, 6.07) is 17.2. The zero-order valence-electron chi connectivity index (χ0n) is 15.7. The van der Waals surface area contributed by atoms with Crippen molar-refractivity contribution in [3.8, 4) is 16.9 Å². The van der Waals surface area contributed by atoms with E-state index in [0.29, 0.717) is 15.1 Å². The van der Waals surface area contributed by atoms with E-state index in [1.165, 1.54) is 30.3 Å². The first-order valence-electron chi connectivity index (χ1n) is 9.04. The van der Waals surface area contributed by atoms with Crippen LogP contribution in [-0.4, -0.2) is 0 Å². The molecule has 158 valence electrons. The maximum atomic E-state index is 13.7. The lowest BCUT2D eigenvalue weighted by atomic mass is 10.0. The molecule has 0 N–H and O–H groups in total. The van der Waals surface area contributed by atoms with Crippen molar-refractivity contribution in [2.45, 2.75) is 12.8 Å². The highest BCUT2D eigenvalue weighted by molar-refractivity contribution is 9.10. The van der Waals surface area contributed by atoms with Crippen LogP contribution in [0.5, 0.6) is 5.75 Å². The van der Waals surface area contributed by atoms with Crippen LogP contribution in [0, 0.1) is 0 Å². The van der Waals surface area contributed by atoms with Crippen LogP contribution in [0.3, 0.4) is 0 Å². The van der Waals surface area contributed by atoms with Crippen molar-refractivity contribution in [3.63, 3.8) is 0 Å². The van der Waals surface area contributed by atoms with Gasteiger partial charge in [-0.05, 0) is 35.9 Å². The Hall–Kier alpha value is -2.77. The van der Waals surface area contributed by atoms with Crippen LogP contribution >= 0.6 is 27.5 Å². The predicted octanol–water partition coefficient (Wildman–Crippen LogP) is 7.47. The second-order valence-electron chi connectivity index (χ2n) is 6.68. The van der Waals surface area contributed by atoms with Gasteiger partial charge in [-0.3, -0.25) is 4.79 Å². The van der Waals surface area contributed by atoms with Crippen molar-refractivity contribution < 1.29 is 22.3 Å². The Morgan fingerprint density at radius 1 is 1.00 bits per heavy atom. The monoisotopic (exact) mass is 508 g/mol. The second-order valence-corrected chi connectivity index (χ2v) is 8.00. The van der Waals surface area contributed by atoms with Gasteiger partial charge in [-0.2, -0.15) is 13.2 Å². The van der Waals surface area contributed by atoms with Gasteiger partial charge in [-0.15, -0.1) is 0 Å². The van der Waals surface area contributed by atoms with E-state index in [0.717, 1.165) is 0 Å². The standard InChI is InChI=1S/C23H13BrClF3O3/c24-15-7-5-13(6-8-15)20-21(29)17-10-9-16(11-19(17)31-22(20)23(26,27)28)30-12-14-3-1-2-4-18(14)25/h1-11H,12H2. The molecule has 0 radical (unpaired) electrons. The van der Waals surface area contributed by atoms with Gasteiger partial charge in [0, 0.05) is 21.1 Å². The van der Waals surface area contributed by atoms with Crippen LogP contribution < -0.4 is 10.2 Å². The molecule has 0 saturated carbocycles. The summed E-state index contributed by atoms with van der Waals surface area (Å²) in [5.41, 5.74) is -0.682. The molecule has 4 aromatic rings. The Kier molecular flexibility index (Phi) is 5.81. The summed E-state index contributed by atoms with van der Waals surface area (Å²) >= 11 is 9.33. The summed E-state index contributed by atoms with van der Waals surface area (Å²) in [7, 11) is 0. The highest BCUT2D eigenvalue weighted by Gasteiger charge is 2.39. The van der Waals surface area contributed by atoms with Gasteiger partial charge in [0.05, 0.1) is 10.9 Å². The molecule has 0 aliphatic heterocycles. The molecule has 0 fully saturated rings. The van der Waals surface area contributed by atoms with Crippen LogP contribution in [0.25, 0.3) is 22.1 Å². The van der Waals surface area contributed by atoms with E-state index in [9.17, 15) is 18.0 Å². The Bertz CT molecular complexity index is 1310. The largest absolute Gasteiger partial charge is 0.489 e. The molecule has 0 spiro atoms. The highest BCUT2D eigenvalue weighted by Crippen LogP contribution is 2.38. The maximum absolute atomic E-state index is 13.7. The number of hydrogen-bond donors (Lipinski definition) is 0. The fraction of sp³-hybridized carbons (Fsp3) is 0.0870. The number of rotatable bonds is 4. The zero-order chi connectivity index (χ0) is 22.2. The summed E-state index contributed by atoms with van der Waals surface area (Å²) < 4.78 is 52.8. The molecule has 1 heterocycles. The minimum absolute atomic E-state index is 0.0241. The summed E-state index contributed by atoms with van der Waals surface area (Å²) in [6.07, 6.45) is -4.86. The maximum Gasteiger partial charge on any atom is 0.450 e. The van der Waals surface area contributed by atoms with Gasteiger partial charge in [0.15, 0.2) is 0 Å². The molecule has 0 unspecified atom stereocenters. The highest BCUT2D eigenvalue weighted by atomic mass is 79.9. The molecule has 1 aromatic heterocycles. The first kappa shape index (κ1) is 21.5. The van der Waals surface area contributed by atoms with Gasteiger partial charge in [-0.1, -0.05) is 57.9 Å². The lowest BCUT2D eigenvalue weighted by molar-refractivity contribution is -0.152. The number of fused-ring (bicyclic) bond motifs is 1. The lowest BCUT2D eigenvalue weighted by Gasteiger charge is -2.14. The number of alkyl halides is 3. The lowest BCUT2D eigenvalue weighted by Crippen LogP contribution is -2.16. The summed E-state index contributed by atoms with van der Waals surface area (Å²) in [5, 5.41) is 0.532. The third kappa shape index (κ3) is 4.48. The summed E-state index contributed by atoms with van der Waals surface area (Å²) in [6.45, 7) is 0.110. The van der Waals surface area contributed by atoms with Crippen LogP contribution in [0.1, 0.15) is 11.3 Å². The third-order valence-electron chi connectivity index (χ3n) is 4.61. The Morgan fingerprint density at radius 3 is 2.39 bits per heavy atom. The van der Waals surface area contributed by atoms with Gasteiger partial charge in [0.25, 0.3) is 0 Å². The van der Waals surface area contributed by atoms with Gasteiger partial charge in [-0.25, -0.2) is 0 Å². The average Bonchev–Trinajstić information content (AvgIpc) is 2.73. The van der Waals surface area contributed by atoms with Gasteiger partial charge in [0.1, 0.15) is 17.9 Å². The molecule has 0 saturated heterocycles. The van der Waals surface area contributed by atoms with Gasteiger partial charge < -0.3 is 9.15 Å². The van der Waals surface area contributed by atoms with Crippen molar-refractivity contribution in [2.24, 2.45) is 0 Å². The topological polar surface area (TPSA) is 39.4 Å². The number of ether oxygens (including phenoxy) is 1. The van der Waals surface area contributed by atoms with E-state index in [1.54, 1.807) is 36.4 Å². The third-order valence-corrected chi connectivity index (χ3v) is 5.50. The first-order chi connectivity index (χ1) is 14.7. The second kappa shape index (κ2) is 8.40. The van der Waals surface area contributed by atoms with E-state index >= 15 is 0 Å². The molecule has 4 rings (SSSR count). The molecule has 31 heavy (non-hydrogen) atoms. The van der Waals surface area contributed by atoms with Crippen molar-refractivity contribution in [1.29, 1.82) is 0 Å². The molecule has 3 aromatic carbocycles. The Morgan fingerprint density at radius 2 is 1.71 bits per heavy atom. The zero-order valence-corrected chi connectivity index (χ0v) is 18.0. The number of halogens is 5. The van der Waals surface area contributed by atoms with Crippen molar-refractivity contribution >= 4 is 38.5 Å². The van der Waals surface area contributed by atoms with Crippen molar-refractivity contribution in [1.82, 2.24) is 0 Å². The predicted molar refractivity (Wildman–Crippen MR) is 116 cm³/mol. The van der Waals surface area contributed by atoms with Crippen LogP contribution in [0.2, 0.25) is 5.02 Å². The minimum atomic E-state index is -4.86. The number of hydrogen-bond acceptors (Lipinski definition) is 3. The molecule has 0 atom stereocenters. The molecule has 0 aliphatic carbocycles. The molecule has 8 heteroatoms. The van der Waals surface area contributed by atoms with Crippen molar-refractivity contribution in [2.75, 3.05) is 0 Å². The molecule has 3 nitrogen and oxygen atoms in total. The molecular formula is C23H13BrClF3O3. The van der Waals surface area contributed by atoms with E-state index in [4.69, 9.17) is 20.8 Å². The van der Waals surface area contributed by atoms with E-state index in [1.807, 2.05) is 0 Å². The minimum Gasteiger partial charge on any atom is -0.489 e. The van der Waals surface area contributed by atoms with Crippen molar-refractivity contribution in [3.05, 3.63) is 97.8 Å². The fourth-order valence-corrected chi connectivity index (χ4v) is 3.57. The smallest absolute Gasteiger partial charge is 0.450 e. The normalized spacial score (nSPS) is 11.6. The quantitative estimate of drug-likeness (QED) is 0.286. The first-order valence-corrected chi connectivity index (χ1v) is 10.2. The summed E-state index contributed by atoms with van der Waals surface area (Å²) in [4.78, 5) is 13.0. The van der Waals surface area contributed by atoms with E-state index in [-0.39, 0.29) is 28.9 Å². The van der Waals surface area contributed by atoms with Gasteiger partial charge in [0.2, 0.25) is 11.2 Å². The molecular weight excluding hydrogens is 497 g/mol. The molecule has 0 bridgehead atoms. The van der Waals surface area contributed by atoms with Crippen LogP contribution in [0.4, 0.5) is 13.2 Å². The van der Waals surface area contributed by atoms with Crippen LogP contribution in [-0.2, 0) is 12.8 Å². The average molecular weight is 510 g/mol. The Labute approximate surface area is 188 Å². The molecule has 0 amide bonds. The SMILES string of the molecule is O=c1c(-c2ccc(Br)cc2)c(C(F)(F)F)oc2cc(OCc3ccccc3Cl)ccc12. The Balaban J connectivity index is 1.80. The van der Waals surface area contributed by atoms with E-state index in [2.05, 4.69) is 15.9 Å².